The van der Waals surface area contributed by atoms with Crippen molar-refractivity contribution in [2.45, 2.75) is 26.2 Å². The van der Waals surface area contributed by atoms with E-state index in [0.717, 1.165) is 43.9 Å². The second-order valence-corrected chi connectivity index (χ2v) is 6.83. The molecule has 0 radical (unpaired) electrons. The maximum Gasteiger partial charge on any atom is 0.263 e. The molecule has 0 spiro atoms. The lowest BCUT2D eigenvalue weighted by Crippen LogP contribution is -2.41. The van der Waals surface area contributed by atoms with Crippen molar-refractivity contribution in [3.05, 3.63) is 42.2 Å². The van der Waals surface area contributed by atoms with Gasteiger partial charge < -0.3 is 19.7 Å². The van der Waals surface area contributed by atoms with E-state index < -0.39 is 0 Å². The molecule has 0 aliphatic carbocycles. The van der Waals surface area contributed by atoms with E-state index in [1.165, 1.54) is 5.56 Å². The monoisotopic (exact) mass is 384 g/mol. The lowest BCUT2D eigenvalue weighted by molar-refractivity contribution is -0.125. The zero-order chi connectivity index (χ0) is 19.8. The van der Waals surface area contributed by atoms with Gasteiger partial charge in [0.2, 0.25) is 5.91 Å². The third-order valence-corrected chi connectivity index (χ3v) is 4.96. The van der Waals surface area contributed by atoms with E-state index in [0.29, 0.717) is 19.0 Å². The highest BCUT2D eigenvalue weighted by Gasteiger charge is 2.27. The number of hydrogen-bond acceptors (Lipinski definition) is 6. The molecule has 0 atom stereocenters. The number of nitrogens with zero attached hydrogens (tertiary/aromatic N) is 3. The number of piperidine rings is 1. The van der Waals surface area contributed by atoms with Gasteiger partial charge >= 0.3 is 0 Å². The van der Waals surface area contributed by atoms with Crippen LogP contribution in [0.5, 0.6) is 11.6 Å². The van der Waals surface area contributed by atoms with Crippen LogP contribution in [0.3, 0.4) is 0 Å². The van der Waals surface area contributed by atoms with Crippen molar-refractivity contribution in [1.82, 2.24) is 15.3 Å². The maximum atomic E-state index is 12.2. The van der Waals surface area contributed by atoms with E-state index >= 15 is 0 Å². The number of anilines is 1. The average molecular weight is 384 g/mol. The second-order valence-electron chi connectivity index (χ2n) is 6.83. The van der Waals surface area contributed by atoms with Gasteiger partial charge in [0.05, 0.1) is 6.61 Å². The first-order valence-corrected chi connectivity index (χ1v) is 9.80. The summed E-state index contributed by atoms with van der Waals surface area (Å²) in [6.45, 7) is 4.69. The minimum atomic E-state index is 0.0238. The van der Waals surface area contributed by atoms with Gasteiger partial charge in [-0.05, 0) is 37.0 Å². The average Bonchev–Trinajstić information content (AvgIpc) is 2.75. The number of carbonyl (C=O) groups is 1. The molecule has 1 aliphatic heterocycles. The summed E-state index contributed by atoms with van der Waals surface area (Å²) >= 11 is 0. The molecule has 1 N–H and O–H groups in total. The fourth-order valence-electron chi connectivity index (χ4n) is 3.29. The summed E-state index contributed by atoms with van der Waals surface area (Å²) in [7, 11) is 1.63. The molecule has 1 fully saturated rings. The fraction of sp³-hybridized carbons (Fsp3) is 0.476. The maximum absolute atomic E-state index is 12.2. The van der Waals surface area contributed by atoms with Gasteiger partial charge in [0.1, 0.15) is 5.75 Å². The minimum Gasteiger partial charge on any atom is -0.436 e. The van der Waals surface area contributed by atoms with Crippen molar-refractivity contribution in [2.75, 3.05) is 38.3 Å². The lowest BCUT2D eigenvalue weighted by Gasteiger charge is -2.32. The highest BCUT2D eigenvalue weighted by Crippen LogP contribution is 2.31. The molecule has 1 aromatic carbocycles. The summed E-state index contributed by atoms with van der Waals surface area (Å²) in [5.74, 6) is 2.08. The van der Waals surface area contributed by atoms with Crippen LogP contribution in [0, 0.1) is 5.92 Å². The van der Waals surface area contributed by atoms with Gasteiger partial charge in [-0.2, -0.15) is 0 Å². The Morgan fingerprint density at radius 3 is 2.57 bits per heavy atom. The first-order valence-electron chi connectivity index (χ1n) is 9.80. The topological polar surface area (TPSA) is 76.6 Å². The van der Waals surface area contributed by atoms with Gasteiger partial charge in [0.15, 0.2) is 5.82 Å². The molecule has 1 aromatic heterocycles. The Labute approximate surface area is 166 Å². The number of nitrogens with one attached hydrogen (secondary N) is 1. The highest BCUT2D eigenvalue weighted by molar-refractivity contribution is 5.79. The van der Waals surface area contributed by atoms with Gasteiger partial charge in [0, 0.05) is 45.1 Å². The summed E-state index contributed by atoms with van der Waals surface area (Å²) in [6.07, 6.45) is 5.85. The SMILES string of the molecule is CCc1ccc(Oc2nccnc2N2CCC(C(=O)NCCOC)CC2)cc1. The van der Waals surface area contributed by atoms with E-state index in [1.54, 1.807) is 19.5 Å². The van der Waals surface area contributed by atoms with E-state index in [9.17, 15) is 4.79 Å². The Morgan fingerprint density at radius 1 is 1.18 bits per heavy atom. The number of rotatable bonds is 8. The number of methoxy groups -OCH3 is 1. The Kier molecular flexibility index (Phi) is 7.19. The molecule has 150 valence electrons. The number of aryl methyl sites for hydroxylation is 1. The van der Waals surface area contributed by atoms with Crippen LogP contribution in [0.15, 0.2) is 36.7 Å². The van der Waals surface area contributed by atoms with E-state index in [-0.39, 0.29) is 11.8 Å². The molecular weight excluding hydrogens is 356 g/mol. The number of aromatic nitrogens is 2. The number of amides is 1. The van der Waals surface area contributed by atoms with Gasteiger partial charge in [-0.1, -0.05) is 19.1 Å². The lowest BCUT2D eigenvalue weighted by atomic mass is 9.96. The van der Waals surface area contributed by atoms with E-state index in [1.807, 2.05) is 12.1 Å². The molecule has 1 amide bonds. The van der Waals surface area contributed by atoms with Crippen molar-refractivity contribution in [1.29, 1.82) is 0 Å². The predicted molar refractivity (Wildman–Crippen MR) is 108 cm³/mol. The van der Waals surface area contributed by atoms with Crippen molar-refractivity contribution in [3.8, 4) is 11.6 Å². The number of carbonyl (C=O) groups excluding carboxylic acids is 1. The van der Waals surface area contributed by atoms with Crippen LogP contribution in [0.4, 0.5) is 5.82 Å². The standard InChI is InChI=1S/C21H28N4O3/c1-3-16-4-6-18(7-5-16)28-21-19(22-10-11-24-21)25-13-8-17(9-14-25)20(26)23-12-15-27-2/h4-7,10-11,17H,3,8-9,12-15H2,1-2H3,(H,23,26). The van der Waals surface area contributed by atoms with Crippen LogP contribution in [-0.2, 0) is 16.0 Å². The van der Waals surface area contributed by atoms with Crippen LogP contribution < -0.4 is 15.0 Å². The van der Waals surface area contributed by atoms with Crippen molar-refractivity contribution in [3.63, 3.8) is 0 Å². The Morgan fingerprint density at radius 2 is 1.89 bits per heavy atom. The first kappa shape index (κ1) is 20.1. The molecule has 7 nitrogen and oxygen atoms in total. The van der Waals surface area contributed by atoms with Gasteiger partial charge in [-0.25, -0.2) is 9.97 Å². The quantitative estimate of drug-likeness (QED) is 0.706. The Balaban J connectivity index is 1.61. The van der Waals surface area contributed by atoms with Gasteiger partial charge in [-0.15, -0.1) is 0 Å². The molecule has 1 saturated heterocycles. The first-order chi connectivity index (χ1) is 13.7. The van der Waals surface area contributed by atoms with Crippen LogP contribution in [0.25, 0.3) is 0 Å². The molecule has 0 saturated carbocycles. The third kappa shape index (κ3) is 5.19. The molecule has 2 aromatic rings. The van der Waals surface area contributed by atoms with Crippen molar-refractivity contribution >= 4 is 11.7 Å². The summed E-state index contributed by atoms with van der Waals surface area (Å²) in [5, 5.41) is 2.93. The smallest absolute Gasteiger partial charge is 0.263 e. The fourth-order valence-corrected chi connectivity index (χ4v) is 3.29. The molecule has 7 heteroatoms. The third-order valence-electron chi connectivity index (χ3n) is 4.96. The van der Waals surface area contributed by atoms with Crippen LogP contribution in [-0.4, -0.2) is 49.2 Å². The molecule has 1 aliphatic rings. The number of ether oxygens (including phenoxy) is 2. The van der Waals surface area contributed by atoms with Crippen molar-refractivity contribution in [2.24, 2.45) is 5.92 Å². The predicted octanol–water partition coefficient (Wildman–Crippen LogP) is 2.81. The van der Waals surface area contributed by atoms with Crippen molar-refractivity contribution < 1.29 is 14.3 Å². The number of hydrogen-bond donors (Lipinski definition) is 1. The Hall–Kier alpha value is -2.67. The normalized spacial score (nSPS) is 14.7. The molecule has 0 unspecified atom stereocenters. The summed E-state index contributed by atoms with van der Waals surface area (Å²) in [5.41, 5.74) is 1.26. The summed E-state index contributed by atoms with van der Waals surface area (Å²) in [4.78, 5) is 23.2. The molecular formula is C21H28N4O3. The zero-order valence-electron chi connectivity index (χ0n) is 16.6. The van der Waals surface area contributed by atoms with Crippen LogP contribution in [0.1, 0.15) is 25.3 Å². The largest absolute Gasteiger partial charge is 0.436 e. The second kappa shape index (κ2) is 10.0. The Bertz CT molecular complexity index is 759. The molecule has 28 heavy (non-hydrogen) atoms. The van der Waals surface area contributed by atoms with Crippen LogP contribution in [0.2, 0.25) is 0 Å². The zero-order valence-corrected chi connectivity index (χ0v) is 16.6. The number of benzene rings is 1. The van der Waals surface area contributed by atoms with E-state index in [2.05, 4.69) is 39.2 Å². The summed E-state index contributed by atoms with van der Waals surface area (Å²) in [6, 6.07) is 8.01. The van der Waals surface area contributed by atoms with Crippen LogP contribution >= 0.6 is 0 Å². The van der Waals surface area contributed by atoms with Gasteiger partial charge in [-0.3, -0.25) is 4.79 Å². The molecule has 2 heterocycles. The minimum absolute atomic E-state index is 0.0238. The summed E-state index contributed by atoms with van der Waals surface area (Å²) < 4.78 is 11.0. The molecule has 3 rings (SSSR count). The molecule has 0 bridgehead atoms. The van der Waals surface area contributed by atoms with E-state index in [4.69, 9.17) is 9.47 Å². The van der Waals surface area contributed by atoms with Gasteiger partial charge in [0.25, 0.3) is 5.88 Å². The highest BCUT2D eigenvalue weighted by atomic mass is 16.5.